The van der Waals surface area contributed by atoms with Gasteiger partial charge >= 0.3 is 11.8 Å². The molecule has 0 radical (unpaired) electrons. The van der Waals surface area contributed by atoms with E-state index >= 15 is 0 Å². The van der Waals surface area contributed by atoms with Crippen LogP contribution in [-0.4, -0.2) is 118 Å². The van der Waals surface area contributed by atoms with Gasteiger partial charge in [-0.1, -0.05) is 59.8 Å². The molecule has 1 saturated heterocycles. The van der Waals surface area contributed by atoms with Gasteiger partial charge < -0.3 is 49.8 Å². The number of Topliss-reactive ketones (excluding diaryl/α,β-unsaturated/α-hetero) is 2. The normalized spacial score (nSPS) is 33.7. The number of rotatable bonds is 4. The molecule has 5 bridgehead atoms. The first kappa shape index (κ1) is 46.7. The minimum atomic E-state index is -1.97. The summed E-state index contributed by atoms with van der Waals surface area (Å²) in [7, 11) is 1.47. The first-order chi connectivity index (χ1) is 29.1. The smallest absolute Gasteiger partial charge is 0.312 e. The number of esters is 1. The number of amides is 1. The molecule has 0 unspecified atom stereocenters. The number of carbonyl (C=O) groups excluding carboxylic acids is 4. The summed E-state index contributed by atoms with van der Waals surface area (Å²) in [5, 5.41) is 41.1. The summed E-state index contributed by atoms with van der Waals surface area (Å²) < 4.78 is 24.0. The third-order valence-electron chi connectivity index (χ3n) is 13.3. The van der Waals surface area contributed by atoms with Crippen molar-refractivity contribution in [2.24, 2.45) is 34.6 Å². The van der Waals surface area contributed by atoms with Crippen LogP contribution >= 0.6 is 0 Å². The number of nitrogens with one attached hydrogen (secondary N) is 2. The number of aliphatic imine (C=N–C) groups is 1. The lowest BCUT2D eigenvalue weighted by Crippen LogP contribution is -2.54. The summed E-state index contributed by atoms with van der Waals surface area (Å²) in [5.41, 5.74) is 0.0743. The molecule has 15 nitrogen and oxygen atoms in total. The zero-order valence-corrected chi connectivity index (χ0v) is 37.8. The Morgan fingerprint density at radius 1 is 0.984 bits per heavy atom. The molecule has 338 valence electrons. The average molecular weight is 861 g/mol. The van der Waals surface area contributed by atoms with Crippen molar-refractivity contribution in [2.45, 2.75) is 118 Å². The van der Waals surface area contributed by atoms with Gasteiger partial charge in [-0.15, -0.1) is 0 Å². The molecule has 15 heteroatoms. The number of ketones is 2. The topological polar surface area (TPSA) is 206 Å². The highest BCUT2D eigenvalue weighted by molar-refractivity contribution is 6.34. The number of hydrogen-bond acceptors (Lipinski definition) is 14. The molecule has 0 aromatic heterocycles. The third kappa shape index (κ3) is 8.73. The van der Waals surface area contributed by atoms with Crippen molar-refractivity contribution in [3.63, 3.8) is 0 Å². The number of likely N-dealkylation sites (tertiary alicyclic amines) is 1. The Balaban J connectivity index is 1.50. The summed E-state index contributed by atoms with van der Waals surface area (Å²) in [6.07, 6.45) is 5.30. The van der Waals surface area contributed by atoms with Crippen LogP contribution in [0.2, 0.25) is 0 Å². The number of nitrogens with zero attached hydrogens (tertiary/aromatic N) is 2. The van der Waals surface area contributed by atoms with Crippen molar-refractivity contribution in [1.29, 1.82) is 0 Å². The molecule has 1 aromatic rings. The zero-order chi connectivity index (χ0) is 45.6. The summed E-state index contributed by atoms with van der Waals surface area (Å²) in [6, 6.07) is 0. The lowest BCUT2D eigenvalue weighted by Gasteiger charge is -2.44. The van der Waals surface area contributed by atoms with Crippen molar-refractivity contribution < 1.29 is 53.4 Å². The minimum absolute atomic E-state index is 0.0211. The molecule has 9 atom stereocenters. The van der Waals surface area contributed by atoms with Gasteiger partial charge in [-0.25, -0.2) is 0 Å². The van der Waals surface area contributed by atoms with Crippen molar-refractivity contribution in [3.8, 4) is 11.5 Å². The third-order valence-corrected chi connectivity index (χ3v) is 13.3. The van der Waals surface area contributed by atoms with Crippen molar-refractivity contribution >= 4 is 29.2 Å². The van der Waals surface area contributed by atoms with Crippen LogP contribution in [0.5, 0.6) is 11.5 Å². The molecule has 6 rings (SSSR count). The number of methoxy groups -OCH3 is 1. The van der Waals surface area contributed by atoms with Gasteiger partial charge in [0.15, 0.2) is 0 Å². The number of phenolic OH excluding ortho intramolecular Hbond substituents is 1. The molecular formula is C47H64N4O11. The quantitative estimate of drug-likeness (QED) is 0.262. The molecule has 1 fully saturated rings. The number of fused-ring (bicyclic) bond motifs is 3. The number of allylic oxidation sites excluding steroid dienone is 4. The molecule has 5 N–H and O–H groups in total. The molecule has 1 spiro atoms. The highest BCUT2D eigenvalue weighted by atomic mass is 16.7. The number of phenols is 1. The predicted molar refractivity (Wildman–Crippen MR) is 232 cm³/mol. The van der Waals surface area contributed by atoms with Crippen LogP contribution in [0.1, 0.15) is 107 Å². The van der Waals surface area contributed by atoms with Crippen molar-refractivity contribution in [2.75, 3.05) is 33.3 Å². The van der Waals surface area contributed by atoms with Gasteiger partial charge in [0, 0.05) is 87.5 Å². The number of aromatic hydroxyl groups is 1. The van der Waals surface area contributed by atoms with E-state index in [0.717, 1.165) is 19.6 Å². The van der Waals surface area contributed by atoms with Gasteiger partial charge in [-0.2, -0.15) is 0 Å². The fraction of sp³-hybridized carbons (Fsp3) is 0.596. The maximum Gasteiger partial charge on any atom is 0.312 e. The van der Waals surface area contributed by atoms with Gasteiger partial charge in [-0.3, -0.25) is 24.2 Å². The predicted octanol–water partition coefficient (Wildman–Crippen LogP) is 4.66. The second-order valence-electron chi connectivity index (χ2n) is 18.4. The lowest BCUT2D eigenvalue weighted by atomic mass is 9.78. The number of aliphatic hydroxyl groups is 2. The SMILES string of the molecule is CO[C@H]1/C=C/O[C@@]2(C)Oc3c(C)c(O)c4c(c3C2=O)C2=NC3(CCN(CC(C)C)CC3)CNC2=C(NC(=O)/C(C)=C\C=C\[C@H](C)[C@H](O)[C@@H](C)[C@@H](O)[C@@H](C)[C@H](OC(C)=O)[C@@H]1C)C4=O. The lowest BCUT2D eigenvalue weighted by molar-refractivity contribution is -0.160. The van der Waals surface area contributed by atoms with E-state index < -0.39 is 88.6 Å². The molecule has 1 aliphatic carbocycles. The zero-order valence-electron chi connectivity index (χ0n) is 37.8. The second-order valence-corrected chi connectivity index (χ2v) is 18.4. The largest absolute Gasteiger partial charge is 0.507 e. The molecule has 1 aromatic carbocycles. The van der Waals surface area contributed by atoms with Crippen LogP contribution < -0.4 is 15.4 Å². The van der Waals surface area contributed by atoms with Gasteiger partial charge in [-0.05, 0) is 38.7 Å². The van der Waals surface area contributed by atoms with Crippen LogP contribution in [0, 0.1) is 36.5 Å². The Morgan fingerprint density at radius 3 is 2.29 bits per heavy atom. The fourth-order valence-corrected chi connectivity index (χ4v) is 9.48. The van der Waals surface area contributed by atoms with Crippen LogP contribution in [-0.2, 0) is 23.8 Å². The van der Waals surface area contributed by atoms with Gasteiger partial charge in [0.25, 0.3) is 11.7 Å². The molecule has 4 heterocycles. The Kier molecular flexibility index (Phi) is 13.6. The molecule has 62 heavy (non-hydrogen) atoms. The van der Waals surface area contributed by atoms with Crippen molar-refractivity contribution in [3.05, 3.63) is 69.8 Å². The second kappa shape index (κ2) is 18.1. The Morgan fingerprint density at radius 2 is 1.66 bits per heavy atom. The fourth-order valence-electron chi connectivity index (χ4n) is 9.48. The number of hydrogen-bond donors (Lipinski definition) is 5. The maximum absolute atomic E-state index is 14.8. The highest BCUT2D eigenvalue weighted by Gasteiger charge is 2.53. The number of ether oxygens (including phenoxy) is 4. The van der Waals surface area contributed by atoms with Crippen LogP contribution in [0.3, 0.4) is 0 Å². The first-order valence-corrected chi connectivity index (χ1v) is 21.7. The molecule has 5 aliphatic rings. The monoisotopic (exact) mass is 860 g/mol. The highest BCUT2D eigenvalue weighted by Crippen LogP contribution is 2.49. The van der Waals surface area contributed by atoms with E-state index in [0.29, 0.717) is 25.3 Å². The van der Waals surface area contributed by atoms with E-state index in [1.165, 1.54) is 27.2 Å². The van der Waals surface area contributed by atoms with Crippen molar-refractivity contribution in [1.82, 2.24) is 15.5 Å². The number of piperidine rings is 1. The number of carbonyl (C=O) groups is 4. The van der Waals surface area contributed by atoms with E-state index in [2.05, 4.69) is 29.4 Å². The Hall–Kier alpha value is -4.83. The van der Waals surface area contributed by atoms with E-state index in [9.17, 15) is 34.5 Å². The van der Waals surface area contributed by atoms with E-state index in [4.69, 9.17) is 23.9 Å². The molecule has 4 aliphatic heterocycles. The molecule has 1 amide bonds. The van der Waals surface area contributed by atoms with E-state index in [1.54, 1.807) is 65.8 Å². The van der Waals surface area contributed by atoms with Crippen LogP contribution in [0.25, 0.3) is 0 Å². The van der Waals surface area contributed by atoms with E-state index in [1.807, 2.05) is 0 Å². The number of benzene rings is 1. The first-order valence-electron chi connectivity index (χ1n) is 21.7. The molecular weight excluding hydrogens is 797 g/mol. The van der Waals surface area contributed by atoms with Crippen LogP contribution in [0.15, 0.2) is 52.5 Å². The van der Waals surface area contributed by atoms with Gasteiger partial charge in [0.05, 0.1) is 52.6 Å². The summed E-state index contributed by atoms with van der Waals surface area (Å²) in [4.78, 5) is 63.5. The number of aliphatic hydroxyl groups excluding tert-OH is 2. The summed E-state index contributed by atoms with van der Waals surface area (Å²) in [5.74, 6) is -6.75. The summed E-state index contributed by atoms with van der Waals surface area (Å²) in [6.45, 7) is 20.1. The van der Waals surface area contributed by atoms with Gasteiger partial charge in [0.1, 0.15) is 23.3 Å². The Labute approximate surface area is 364 Å². The minimum Gasteiger partial charge on any atom is -0.507 e. The average Bonchev–Trinajstić information content (AvgIpc) is 3.49. The maximum atomic E-state index is 14.8. The summed E-state index contributed by atoms with van der Waals surface area (Å²) >= 11 is 0. The van der Waals surface area contributed by atoms with Gasteiger partial charge in [0.2, 0.25) is 5.78 Å². The molecule has 0 saturated carbocycles. The van der Waals surface area contributed by atoms with E-state index in [-0.39, 0.29) is 50.7 Å². The standard InChI is InChI=1S/C47H64N4O11/c1-23(2)21-51-18-16-47(17-19-51)22-48-36-35(50-47)32-33-40(55)29(8)43-34(32)44(57)46(10,62-43)60-20-15-31(59-11)26(5)42(61-30(9)52)28(7)39(54)27(6)38(53)24(3)13-12-14-25(4)45(58)49-37(36)41(33)56/h12-15,20,23-24,26-28,31,38-39,42,48,53-55H,16-19,21-22H2,1-11H3,(H,49,58)/b13-12+,20-15+,25-14-/t24-,26+,27+,28+,31-,38-,39+,42+,46-/m0/s1. The van der Waals surface area contributed by atoms with Crippen LogP contribution in [0.4, 0.5) is 0 Å². The Bertz CT molecular complexity index is 2130.